The van der Waals surface area contributed by atoms with Crippen LogP contribution in [-0.4, -0.2) is 12.7 Å². The molecule has 0 heterocycles. The Hall–Kier alpha value is -3.82. The molecule has 0 saturated carbocycles. The maximum Gasteiger partial charge on any atom is 0.573 e. The fourth-order valence-corrected chi connectivity index (χ4v) is 4.08. The van der Waals surface area contributed by atoms with Crippen molar-refractivity contribution in [3.63, 3.8) is 0 Å². The van der Waals surface area contributed by atoms with Crippen molar-refractivity contribution in [2.75, 3.05) is 0 Å². The molecule has 5 aromatic carbocycles. The first-order valence-electron chi connectivity index (χ1n) is 9.00. The Bertz CT molecular complexity index is 1520. The van der Waals surface area contributed by atoms with E-state index >= 15 is 0 Å². The van der Waals surface area contributed by atoms with Gasteiger partial charge in [0.25, 0.3) is 0 Å². The molecule has 0 radical (unpaired) electrons. The van der Waals surface area contributed by atoms with Gasteiger partial charge in [0.05, 0.1) is 0 Å². The molecule has 0 fully saturated rings. The van der Waals surface area contributed by atoms with Crippen molar-refractivity contribution >= 4 is 43.1 Å². The van der Waals surface area contributed by atoms with Gasteiger partial charge in [0.2, 0.25) is 0 Å². The Morgan fingerprint density at radius 1 is 0.500 bits per heavy atom. The number of alkyl halides is 6. The normalized spacial score (nSPS) is 12.9. The van der Waals surface area contributed by atoms with Crippen LogP contribution in [0.25, 0.3) is 43.1 Å². The highest BCUT2D eigenvalue weighted by Gasteiger charge is 2.32. The largest absolute Gasteiger partial charge is 0.573 e. The zero-order valence-electron chi connectivity index (χ0n) is 15.5. The predicted molar refractivity (Wildman–Crippen MR) is 105 cm³/mol. The molecular weight excluding hydrogens is 442 g/mol. The minimum atomic E-state index is -4.95. The van der Waals surface area contributed by atoms with Crippen molar-refractivity contribution in [1.29, 1.82) is 0 Å². The van der Waals surface area contributed by atoms with Crippen LogP contribution in [-0.2, 0) is 0 Å². The average Bonchev–Trinajstić information content (AvgIpc) is 3.11. The molecule has 0 aliphatic heterocycles. The summed E-state index contributed by atoms with van der Waals surface area (Å²) < 4.78 is 83.0. The van der Waals surface area contributed by atoms with Gasteiger partial charge in [-0.15, -0.1) is 26.3 Å². The summed E-state index contributed by atoms with van der Waals surface area (Å²) in [5.41, 5.74) is -1.35. The smallest absolute Gasteiger partial charge is 0.406 e. The summed E-state index contributed by atoms with van der Waals surface area (Å²) in [6, 6.07) is 9.66. The molecule has 5 aromatic rings. The molecule has 0 atom stereocenters. The lowest BCUT2D eigenvalue weighted by Gasteiger charge is -2.08. The summed E-state index contributed by atoms with van der Waals surface area (Å²) in [5.74, 6) is -1.17. The van der Waals surface area contributed by atoms with Gasteiger partial charge in [-0.1, -0.05) is 12.1 Å². The van der Waals surface area contributed by atoms with Gasteiger partial charge in [0, 0.05) is 21.5 Å². The van der Waals surface area contributed by atoms with E-state index in [2.05, 4.69) is 9.47 Å². The molecular formula is C22H8F6O4. The third-order valence-corrected chi connectivity index (χ3v) is 5.18. The van der Waals surface area contributed by atoms with E-state index in [1.165, 1.54) is 12.1 Å². The number of hydrogen-bond acceptors (Lipinski definition) is 4. The van der Waals surface area contributed by atoms with Crippen LogP contribution in [0.15, 0.2) is 58.1 Å². The summed E-state index contributed by atoms with van der Waals surface area (Å²) in [5, 5.41) is 1.17. The van der Waals surface area contributed by atoms with Gasteiger partial charge in [0.1, 0.15) is 11.5 Å². The number of fused-ring (bicyclic) bond motifs is 7. The summed E-state index contributed by atoms with van der Waals surface area (Å²) in [6.45, 7) is 0. The minimum Gasteiger partial charge on any atom is -0.406 e. The number of benzene rings is 3. The Morgan fingerprint density at radius 3 is 1.19 bits per heavy atom. The highest BCUT2D eigenvalue weighted by molar-refractivity contribution is 6.26. The van der Waals surface area contributed by atoms with Crippen LogP contribution in [0.3, 0.4) is 0 Å². The lowest BCUT2D eigenvalue weighted by atomic mass is 10.1. The van der Waals surface area contributed by atoms with Gasteiger partial charge >= 0.3 is 12.7 Å². The molecule has 0 spiro atoms. The van der Waals surface area contributed by atoms with E-state index in [1.54, 1.807) is 12.1 Å². The van der Waals surface area contributed by atoms with Crippen LogP contribution in [0, 0.1) is 0 Å². The van der Waals surface area contributed by atoms with Crippen molar-refractivity contribution in [3.8, 4) is 11.5 Å². The topological polar surface area (TPSA) is 52.6 Å². The Labute approximate surface area is 172 Å². The van der Waals surface area contributed by atoms with E-state index in [4.69, 9.17) is 0 Å². The van der Waals surface area contributed by atoms with Gasteiger partial charge in [0.15, 0.2) is 10.9 Å². The summed E-state index contributed by atoms with van der Waals surface area (Å²) in [6.07, 6.45) is -9.89. The lowest BCUT2D eigenvalue weighted by Crippen LogP contribution is -2.17. The molecule has 0 aliphatic rings. The second-order valence-corrected chi connectivity index (χ2v) is 7.08. The second kappa shape index (κ2) is 6.35. The van der Waals surface area contributed by atoms with Crippen LogP contribution < -0.4 is 20.3 Å². The second-order valence-electron chi connectivity index (χ2n) is 7.08. The Morgan fingerprint density at radius 2 is 0.844 bits per heavy atom. The first-order chi connectivity index (χ1) is 14.9. The van der Waals surface area contributed by atoms with E-state index in [-0.39, 0.29) is 21.5 Å². The zero-order chi connectivity index (χ0) is 23.0. The van der Waals surface area contributed by atoms with E-state index in [0.717, 1.165) is 24.3 Å². The fourth-order valence-electron chi connectivity index (χ4n) is 4.08. The van der Waals surface area contributed by atoms with Gasteiger partial charge in [-0.3, -0.25) is 9.59 Å². The SMILES string of the molecule is O=c1c2cc(OC(F)(F)F)ccc2c2ccc3c4ccc(OC(F)(F)F)cc4c(=O)c3c12. The first kappa shape index (κ1) is 20.1. The number of halogens is 6. The Kier molecular flexibility index (Phi) is 3.99. The first-order valence-corrected chi connectivity index (χ1v) is 9.00. The molecule has 0 saturated heterocycles. The fraction of sp³-hybridized carbons (Fsp3) is 0.0909. The highest BCUT2D eigenvalue weighted by atomic mass is 19.4. The van der Waals surface area contributed by atoms with Gasteiger partial charge in [-0.05, 0) is 57.9 Å². The maximum atomic E-state index is 13.1. The highest BCUT2D eigenvalue weighted by Crippen LogP contribution is 2.36. The van der Waals surface area contributed by atoms with Crippen molar-refractivity contribution in [3.05, 3.63) is 69.0 Å². The van der Waals surface area contributed by atoms with Crippen LogP contribution in [0.4, 0.5) is 26.3 Å². The molecule has 0 bridgehead atoms. The van der Waals surface area contributed by atoms with E-state index < -0.39 is 35.1 Å². The lowest BCUT2D eigenvalue weighted by molar-refractivity contribution is -0.275. The monoisotopic (exact) mass is 450 g/mol. The Balaban J connectivity index is 1.81. The van der Waals surface area contributed by atoms with E-state index in [9.17, 15) is 35.9 Å². The average molecular weight is 450 g/mol. The van der Waals surface area contributed by atoms with Crippen molar-refractivity contribution in [1.82, 2.24) is 0 Å². The molecule has 4 nitrogen and oxygen atoms in total. The van der Waals surface area contributed by atoms with E-state index in [0.29, 0.717) is 21.5 Å². The molecule has 162 valence electrons. The minimum absolute atomic E-state index is 0.0128. The number of hydrogen-bond donors (Lipinski definition) is 0. The van der Waals surface area contributed by atoms with Crippen LogP contribution in [0.1, 0.15) is 0 Å². The van der Waals surface area contributed by atoms with Crippen molar-refractivity contribution in [2.24, 2.45) is 0 Å². The van der Waals surface area contributed by atoms with Crippen LogP contribution in [0.2, 0.25) is 0 Å². The molecule has 0 amide bonds. The summed E-state index contributed by atoms with van der Waals surface area (Å²) in [7, 11) is 0. The standard InChI is InChI=1S/C22H8F6O4/c23-21(24,25)31-9-1-3-11-13-5-6-14-12-4-2-10(32-22(26,27)28)8-16(12)20(30)18(14)17(13)19(29)15(11)7-9/h1-8H. The third-order valence-electron chi connectivity index (χ3n) is 5.18. The molecule has 5 rings (SSSR count). The van der Waals surface area contributed by atoms with Crippen LogP contribution in [0.5, 0.6) is 11.5 Å². The summed E-state index contributed by atoms with van der Waals surface area (Å²) >= 11 is 0. The summed E-state index contributed by atoms with van der Waals surface area (Å²) in [4.78, 5) is 26.1. The zero-order valence-corrected chi connectivity index (χ0v) is 15.5. The molecule has 10 heteroatoms. The van der Waals surface area contributed by atoms with Crippen molar-refractivity contribution < 1.29 is 35.8 Å². The van der Waals surface area contributed by atoms with Gasteiger partial charge < -0.3 is 9.47 Å². The van der Waals surface area contributed by atoms with Gasteiger partial charge in [-0.25, -0.2) is 0 Å². The van der Waals surface area contributed by atoms with Crippen molar-refractivity contribution in [2.45, 2.75) is 12.7 Å². The van der Waals surface area contributed by atoms with Crippen LogP contribution >= 0.6 is 0 Å². The predicted octanol–water partition coefficient (Wildman–Crippen LogP) is 5.69. The molecule has 0 N–H and O–H groups in total. The molecule has 0 aromatic heterocycles. The van der Waals surface area contributed by atoms with Gasteiger partial charge in [-0.2, -0.15) is 0 Å². The molecule has 0 unspecified atom stereocenters. The molecule has 0 aliphatic carbocycles. The van der Waals surface area contributed by atoms with E-state index in [1.807, 2.05) is 0 Å². The molecule has 32 heavy (non-hydrogen) atoms. The quantitative estimate of drug-likeness (QED) is 0.324. The third kappa shape index (κ3) is 3.10. The number of rotatable bonds is 2. The maximum absolute atomic E-state index is 13.1. The number of ether oxygens (including phenoxy) is 2.